The van der Waals surface area contributed by atoms with Crippen LogP contribution in [0.1, 0.15) is 20.3 Å². The first-order valence-corrected chi connectivity index (χ1v) is 13.2. The van der Waals surface area contributed by atoms with E-state index in [9.17, 15) is 13.5 Å². The minimum absolute atomic E-state index is 0.0595. The predicted molar refractivity (Wildman–Crippen MR) is 130 cm³/mol. The quantitative estimate of drug-likeness (QED) is 0.375. The maximum Gasteiger partial charge on any atom is 0.203 e. The van der Waals surface area contributed by atoms with E-state index in [0.29, 0.717) is 53.3 Å². The Balaban J connectivity index is 2.86. The van der Waals surface area contributed by atoms with Gasteiger partial charge in [-0.1, -0.05) is 22.9 Å². The third-order valence-corrected chi connectivity index (χ3v) is 6.84. The molecule has 0 aromatic heterocycles. The summed E-state index contributed by atoms with van der Waals surface area (Å²) in [6.45, 7) is 3.95. The number of hydrogen-bond acceptors (Lipinski definition) is 8. The Morgan fingerprint density at radius 3 is 2.18 bits per heavy atom. The number of ether oxygens (including phenoxy) is 5. The van der Waals surface area contributed by atoms with E-state index < -0.39 is 21.7 Å². The first-order valence-electron chi connectivity index (χ1n) is 10.4. The molecule has 0 spiro atoms. The van der Waals surface area contributed by atoms with Crippen molar-refractivity contribution >= 4 is 25.8 Å². The van der Waals surface area contributed by atoms with Crippen molar-refractivity contribution in [2.24, 2.45) is 0 Å². The van der Waals surface area contributed by atoms with Crippen molar-refractivity contribution in [3.63, 3.8) is 0 Å². The topological polar surface area (TPSA) is 101 Å². The number of rotatable bonds is 13. The molecule has 184 valence electrons. The number of aliphatic hydroxyl groups is 1. The molecule has 0 saturated heterocycles. The Labute approximate surface area is 203 Å². The number of sulfone groups is 1. The summed E-state index contributed by atoms with van der Waals surface area (Å²) < 4.78 is 54.6. The predicted octanol–water partition coefficient (Wildman–Crippen LogP) is 4.10. The van der Waals surface area contributed by atoms with Gasteiger partial charge in [0, 0.05) is 10.9 Å². The van der Waals surface area contributed by atoms with Gasteiger partial charge in [-0.2, -0.15) is 0 Å². The minimum atomic E-state index is -3.91. The molecule has 0 aliphatic rings. The van der Waals surface area contributed by atoms with Crippen LogP contribution in [0.3, 0.4) is 0 Å². The second-order valence-corrected chi connectivity index (χ2v) is 10.00. The van der Waals surface area contributed by atoms with Crippen molar-refractivity contribution in [1.29, 1.82) is 0 Å². The van der Waals surface area contributed by atoms with E-state index in [1.54, 1.807) is 18.2 Å². The van der Waals surface area contributed by atoms with Gasteiger partial charge in [-0.3, -0.25) is 0 Å². The second-order valence-electron chi connectivity index (χ2n) is 7.20. The Morgan fingerprint density at radius 1 is 0.939 bits per heavy atom. The molecule has 8 nitrogen and oxygen atoms in total. The van der Waals surface area contributed by atoms with Crippen LogP contribution in [0.2, 0.25) is 0 Å². The average Bonchev–Trinajstić information content (AvgIpc) is 2.79. The van der Waals surface area contributed by atoms with Crippen molar-refractivity contribution in [3.8, 4) is 39.9 Å². The second kappa shape index (κ2) is 12.3. The van der Waals surface area contributed by atoms with Gasteiger partial charge >= 0.3 is 0 Å². The normalized spacial score (nSPS) is 12.2. The third kappa shape index (κ3) is 6.45. The summed E-state index contributed by atoms with van der Waals surface area (Å²) in [5.74, 6) is 1.17. The van der Waals surface area contributed by atoms with Crippen molar-refractivity contribution in [2.75, 3.05) is 45.6 Å². The summed E-state index contributed by atoms with van der Waals surface area (Å²) in [7, 11) is 0.595. The number of benzene rings is 2. The monoisotopic (exact) mass is 546 g/mol. The van der Waals surface area contributed by atoms with Crippen LogP contribution in [0.15, 0.2) is 29.2 Å². The molecular weight excluding hydrogens is 516 g/mol. The molecule has 0 aliphatic carbocycles. The Hall–Kier alpha value is -2.17. The van der Waals surface area contributed by atoms with Crippen molar-refractivity contribution in [1.82, 2.24) is 0 Å². The molecule has 33 heavy (non-hydrogen) atoms. The molecule has 2 aromatic rings. The molecule has 1 atom stereocenters. The van der Waals surface area contributed by atoms with Crippen molar-refractivity contribution in [3.05, 3.63) is 24.3 Å². The van der Waals surface area contributed by atoms with E-state index in [1.807, 2.05) is 6.92 Å². The summed E-state index contributed by atoms with van der Waals surface area (Å²) in [6, 6.07) is 6.68. The summed E-state index contributed by atoms with van der Waals surface area (Å²) >= 11 is 3.33. The lowest BCUT2D eigenvalue weighted by Gasteiger charge is -2.20. The zero-order valence-electron chi connectivity index (χ0n) is 19.5. The van der Waals surface area contributed by atoms with Gasteiger partial charge < -0.3 is 28.8 Å². The van der Waals surface area contributed by atoms with Gasteiger partial charge in [0.1, 0.15) is 4.90 Å². The Bertz CT molecular complexity index is 1040. The summed E-state index contributed by atoms with van der Waals surface area (Å²) in [5.41, 5.74) is 1.10. The molecule has 1 unspecified atom stereocenters. The SMILES string of the molecule is CCCOc1c(OCCBr)cc(-c2ccc(OC)c(OC)c2OC)cc1S(=O)(=O)CC(C)O. The lowest BCUT2D eigenvalue weighted by Crippen LogP contribution is -2.19. The van der Waals surface area contributed by atoms with E-state index in [4.69, 9.17) is 23.7 Å². The fourth-order valence-corrected chi connectivity index (χ4v) is 5.03. The molecular formula is C23H31BrO8S. The number of aliphatic hydroxyl groups excluding tert-OH is 1. The van der Waals surface area contributed by atoms with E-state index in [1.165, 1.54) is 34.3 Å². The zero-order chi connectivity index (χ0) is 24.6. The molecule has 0 heterocycles. The summed E-state index contributed by atoms with van der Waals surface area (Å²) in [5, 5.41) is 10.4. The first-order chi connectivity index (χ1) is 15.7. The molecule has 0 radical (unpaired) electrons. The highest BCUT2D eigenvalue weighted by atomic mass is 79.9. The molecule has 2 rings (SSSR count). The van der Waals surface area contributed by atoms with Gasteiger partial charge in [-0.25, -0.2) is 8.42 Å². The number of hydrogen-bond donors (Lipinski definition) is 1. The van der Waals surface area contributed by atoms with Crippen LogP contribution in [0, 0.1) is 0 Å². The number of methoxy groups -OCH3 is 3. The van der Waals surface area contributed by atoms with Crippen LogP contribution >= 0.6 is 15.9 Å². The summed E-state index contributed by atoms with van der Waals surface area (Å²) in [6.07, 6.45) is -0.376. The van der Waals surface area contributed by atoms with E-state index in [-0.39, 0.29) is 16.4 Å². The van der Waals surface area contributed by atoms with Gasteiger partial charge in [0.05, 0.1) is 46.4 Å². The lowest BCUT2D eigenvalue weighted by molar-refractivity contribution is 0.218. The highest BCUT2D eigenvalue weighted by molar-refractivity contribution is 9.09. The fourth-order valence-electron chi connectivity index (χ4n) is 3.30. The van der Waals surface area contributed by atoms with Crippen molar-refractivity contribution in [2.45, 2.75) is 31.3 Å². The van der Waals surface area contributed by atoms with E-state index in [0.717, 1.165) is 0 Å². The molecule has 10 heteroatoms. The Morgan fingerprint density at radius 2 is 1.64 bits per heavy atom. The third-order valence-electron chi connectivity index (χ3n) is 4.62. The van der Waals surface area contributed by atoms with Gasteiger partial charge in [0.15, 0.2) is 32.8 Å². The van der Waals surface area contributed by atoms with Gasteiger partial charge in [-0.15, -0.1) is 0 Å². The minimum Gasteiger partial charge on any atom is -0.493 e. The summed E-state index contributed by atoms with van der Waals surface area (Å²) in [4.78, 5) is -0.0595. The number of halogens is 1. The zero-order valence-corrected chi connectivity index (χ0v) is 21.9. The standard InChI is InChI=1S/C23H31BrO8S/c1-6-10-32-22-19(31-11-9-24)12-16(13-20(22)33(26,27)14-15(2)25)17-7-8-18(28-3)23(30-5)21(17)29-4/h7-8,12-13,15,25H,6,9-11,14H2,1-5H3. The first kappa shape index (κ1) is 27.1. The molecule has 0 amide bonds. The number of alkyl halides is 1. The molecule has 0 saturated carbocycles. The van der Waals surface area contributed by atoms with Crippen LogP contribution in [-0.2, 0) is 9.84 Å². The van der Waals surface area contributed by atoms with Gasteiger partial charge in [0.2, 0.25) is 5.75 Å². The highest BCUT2D eigenvalue weighted by Crippen LogP contribution is 2.47. The van der Waals surface area contributed by atoms with Crippen LogP contribution < -0.4 is 23.7 Å². The van der Waals surface area contributed by atoms with Crippen LogP contribution in [-0.4, -0.2) is 65.3 Å². The van der Waals surface area contributed by atoms with Gasteiger partial charge in [0.25, 0.3) is 0 Å². The molecule has 0 bridgehead atoms. The fraction of sp³-hybridized carbons (Fsp3) is 0.478. The molecule has 1 N–H and O–H groups in total. The van der Waals surface area contributed by atoms with Crippen molar-refractivity contribution < 1.29 is 37.2 Å². The van der Waals surface area contributed by atoms with Crippen LogP contribution in [0.5, 0.6) is 28.7 Å². The average molecular weight is 547 g/mol. The largest absolute Gasteiger partial charge is 0.493 e. The van der Waals surface area contributed by atoms with E-state index >= 15 is 0 Å². The lowest BCUT2D eigenvalue weighted by atomic mass is 10.0. The molecule has 0 aliphatic heterocycles. The Kier molecular flexibility index (Phi) is 10.1. The maximum absolute atomic E-state index is 13.2. The maximum atomic E-state index is 13.2. The molecule has 2 aromatic carbocycles. The molecule has 0 fully saturated rings. The van der Waals surface area contributed by atoms with Gasteiger partial charge in [-0.05, 0) is 43.2 Å². The smallest absolute Gasteiger partial charge is 0.203 e. The van der Waals surface area contributed by atoms with Crippen LogP contribution in [0.4, 0.5) is 0 Å². The highest BCUT2D eigenvalue weighted by Gasteiger charge is 2.28. The van der Waals surface area contributed by atoms with E-state index in [2.05, 4.69) is 15.9 Å². The van der Waals surface area contributed by atoms with Crippen LogP contribution in [0.25, 0.3) is 11.1 Å².